The van der Waals surface area contributed by atoms with Crippen molar-refractivity contribution >= 4 is 16.9 Å². The highest BCUT2D eigenvalue weighted by Gasteiger charge is 2.21. The van der Waals surface area contributed by atoms with E-state index in [1.54, 1.807) is 6.20 Å². The van der Waals surface area contributed by atoms with Gasteiger partial charge in [-0.05, 0) is 45.4 Å². The van der Waals surface area contributed by atoms with Gasteiger partial charge in [-0.2, -0.15) is 10.2 Å². The molecule has 1 unspecified atom stereocenters. The lowest BCUT2D eigenvalue weighted by molar-refractivity contribution is 0.0939. The van der Waals surface area contributed by atoms with Crippen LogP contribution in [-0.4, -0.2) is 30.5 Å². The Bertz CT molecular complexity index is 1190. The molecule has 0 spiro atoms. The summed E-state index contributed by atoms with van der Waals surface area (Å²) < 4.78 is 3.76. The second kappa shape index (κ2) is 8.10. The zero-order valence-corrected chi connectivity index (χ0v) is 17.8. The van der Waals surface area contributed by atoms with Crippen LogP contribution in [0.2, 0.25) is 0 Å². The fourth-order valence-corrected chi connectivity index (χ4v) is 3.85. The lowest BCUT2D eigenvalue weighted by Crippen LogP contribution is -2.28. The number of nitrogens with zero attached hydrogens (tertiary/aromatic N) is 5. The van der Waals surface area contributed by atoms with Crippen LogP contribution in [0.1, 0.15) is 52.9 Å². The van der Waals surface area contributed by atoms with Crippen molar-refractivity contribution in [2.75, 3.05) is 0 Å². The Morgan fingerprint density at radius 2 is 1.90 bits per heavy atom. The summed E-state index contributed by atoms with van der Waals surface area (Å²) in [6.45, 7) is 9.19. The number of amides is 1. The van der Waals surface area contributed by atoms with Crippen LogP contribution in [0.25, 0.3) is 11.0 Å². The number of carbonyl (C=O) groups is 1. The summed E-state index contributed by atoms with van der Waals surface area (Å²) in [5, 5.41) is 12.9. The Labute approximate surface area is 175 Å². The van der Waals surface area contributed by atoms with Gasteiger partial charge >= 0.3 is 0 Å². The molecule has 154 valence electrons. The molecule has 3 aromatic heterocycles. The molecule has 0 saturated carbocycles. The third kappa shape index (κ3) is 3.70. The smallest absolute Gasteiger partial charge is 0.252 e. The minimum Gasteiger partial charge on any atom is -0.344 e. The zero-order valence-electron chi connectivity index (χ0n) is 17.8. The standard InChI is InChI=1S/C23H26N6O/c1-5-28-20(11-12-24-28)16(3)26-23(30)19-13-15(2)25-22-21(19)17(4)27-29(22)14-18-9-7-6-8-10-18/h6-13,16H,5,14H2,1-4H3,(H,26,30). The summed E-state index contributed by atoms with van der Waals surface area (Å²) in [4.78, 5) is 17.9. The number of nitrogens with one attached hydrogen (secondary N) is 1. The van der Waals surface area contributed by atoms with Crippen molar-refractivity contribution in [2.45, 2.75) is 46.8 Å². The van der Waals surface area contributed by atoms with Crippen molar-refractivity contribution in [3.05, 3.63) is 76.9 Å². The Morgan fingerprint density at radius 1 is 1.13 bits per heavy atom. The molecule has 1 N–H and O–H groups in total. The fraction of sp³-hybridized carbons (Fsp3) is 0.304. The molecule has 4 rings (SSSR count). The van der Waals surface area contributed by atoms with Gasteiger partial charge in [0, 0.05) is 18.4 Å². The first-order valence-corrected chi connectivity index (χ1v) is 10.2. The molecule has 7 nitrogen and oxygen atoms in total. The number of aromatic nitrogens is 5. The Morgan fingerprint density at radius 3 is 2.63 bits per heavy atom. The van der Waals surface area contributed by atoms with E-state index in [9.17, 15) is 4.79 Å². The average Bonchev–Trinajstić information content (AvgIpc) is 3.33. The number of rotatable bonds is 6. The van der Waals surface area contributed by atoms with Crippen molar-refractivity contribution in [3.63, 3.8) is 0 Å². The molecule has 0 aliphatic carbocycles. The normalized spacial score (nSPS) is 12.3. The molecule has 0 fully saturated rings. The van der Waals surface area contributed by atoms with Crippen LogP contribution in [-0.2, 0) is 13.1 Å². The highest BCUT2D eigenvalue weighted by molar-refractivity contribution is 6.06. The molecule has 0 radical (unpaired) electrons. The molecular formula is C23H26N6O. The van der Waals surface area contributed by atoms with Crippen molar-refractivity contribution in [1.82, 2.24) is 29.9 Å². The molecule has 1 atom stereocenters. The Kier molecular flexibility index (Phi) is 5.35. The average molecular weight is 403 g/mol. The van der Waals surface area contributed by atoms with E-state index in [0.29, 0.717) is 12.1 Å². The maximum absolute atomic E-state index is 13.2. The topological polar surface area (TPSA) is 77.6 Å². The van der Waals surface area contributed by atoms with Crippen LogP contribution in [0.5, 0.6) is 0 Å². The fourth-order valence-electron chi connectivity index (χ4n) is 3.85. The second-order valence-corrected chi connectivity index (χ2v) is 7.51. The number of aryl methyl sites for hydroxylation is 3. The summed E-state index contributed by atoms with van der Waals surface area (Å²) in [7, 11) is 0. The summed E-state index contributed by atoms with van der Waals surface area (Å²) in [6, 6.07) is 13.7. The quantitative estimate of drug-likeness (QED) is 0.532. The van der Waals surface area contributed by atoms with Gasteiger partial charge in [0.15, 0.2) is 5.65 Å². The first-order valence-electron chi connectivity index (χ1n) is 10.2. The molecule has 0 aliphatic rings. The van der Waals surface area contributed by atoms with Gasteiger partial charge in [0.2, 0.25) is 0 Å². The maximum atomic E-state index is 13.2. The van der Waals surface area contributed by atoms with Crippen LogP contribution in [0.15, 0.2) is 48.7 Å². The van der Waals surface area contributed by atoms with E-state index >= 15 is 0 Å². The first kappa shape index (κ1) is 19.8. The number of hydrogen-bond acceptors (Lipinski definition) is 4. The first-order chi connectivity index (χ1) is 14.5. The van der Waals surface area contributed by atoms with Gasteiger partial charge in [0.05, 0.1) is 34.9 Å². The van der Waals surface area contributed by atoms with E-state index in [0.717, 1.165) is 40.2 Å². The number of carbonyl (C=O) groups excluding carboxylic acids is 1. The van der Waals surface area contributed by atoms with Crippen LogP contribution in [0.4, 0.5) is 0 Å². The van der Waals surface area contributed by atoms with Crippen LogP contribution in [0, 0.1) is 13.8 Å². The molecule has 1 aromatic carbocycles. The summed E-state index contributed by atoms with van der Waals surface area (Å²) in [5.41, 5.74) is 5.02. The van der Waals surface area contributed by atoms with Crippen molar-refractivity contribution in [1.29, 1.82) is 0 Å². The van der Waals surface area contributed by atoms with Crippen LogP contribution in [0.3, 0.4) is 0 Å². The highest BCUT2D eigenvalue weighted by atomic mass is 16.1. The van der Waals surface area contributed by atoms with E-state index in [4.69, 9.17) is 4.98 Å². The Balaban J connectivity index is 1.69. The number of fused-ring (bicyclic) bond motifs is 1. The molecule has 1 amide bonds. The van der Waals surface area contributed by atoms with E-state index in [1.165, 1.54) is 0 Å². The minimum atomic E-state index is -0.164. The van der Waals surface area contributed by atoms with E-state index in [-0.39, 0.29) is 11.9 Å². The van der Waals surface area contributed by atoms with E-state index in [2.05, 4.69) is 27.6 Å². The van der Waals surface area contributed by atoms with Gasteiger partial charge in [-0.3, -0.25) is 9.48 Å². The Hall–Kier alpha value is -3.48. The van der Waals surface area contributed by atoms with Gasteiger partial charge < -0.3 is 5.32 Å². The van der Waals surface area contributed by atoms with Gasteiger partial charge in [-0.1, -0.05) is 30.3 Å². The predicted octanol–water partition coefficient (Wildman–Crippen LogP) is 3.80. The van der Waals surface area contributed by atoms with Gasteiger partial charge in [-0.25, -0.2) is 9.67 Å². The van der Waals surface area contributed by atoms with Crippen molar-refractivity contribution < 1.29 is 4.79 Å². The minimum absolute atomic E-state index is 0.135. The molecule has 0 aliphatic heterocycles. The number of hydrogen-bond donors (Lipinski definition) is 1. The lowest BCUT2D eigenvalue weighted by atomic mass is 10.1. The molecular weight excluding hydrogens is 376 g/mol. The molecule has 0 saturated heterocycles. The largest absolute Gasteiger partial charge is 0.344 e. The zero-order chi connectivity index (χ0) is 21.3. The summed E-state index contributed by atoms with van der Waals surface area (Å²) in [5.74, 6) is -0.135. The van der Waals surface area contributed by atoms with Crippen molar-refractivity contribution in [3.8, 4) is 0 Å². The monoisotopic (exact) mass is 402 g/mol. The molecule has 30 heavy (non-hydrogen) atoms. The molecule has 0 bridgehead atoms. The van der Waals surface area contributed by atoms with E-state index in [1.807, 2.05) is 67.4 Å². The maximum Gasteiger partial charge on any atom is 0.252 e. The van der Waals surface area contributed by atoms with Gasteiger partial charge in [0.25, 0.3) is 5.91 Å². The third-order valence-corrected chi connectivity index (χ3v) is 5.27. The van der Waals surface area contributed by atoms with Gasteiger partial charge in [0.1, 0.15) is 0 Å². The summed E-state index contributed by atoms with van der Waals surface area (Å²) >= 11 is 0. The molecule has 4 aromatic rings. The van der Waals surface area contributed by atoms with Crippen molar-refractivity contribution in [2.24, 2.45) is 0 Å². The number of benzene rings is 1. The van der Waals surface area contributed by atoms with E-state index < -0.39 is 0 Å². The molecule has 3 heterocycles. The predicted molar refractivity (Wildman–Crippen MR) is 116 cm³/mol. The highest BCUT2D eigenvalue weighted by Crippen LogP contribution is 2.24. The third-order valence-electron chi connectivity index (χ3n) is 5.27. The lowest BCUT2D eigenvalue weighted by Gasteiger charge is -2.16. The van der Waals surface area contributed by atoms with Crippen LogP contribution < -0.4 is 5.32 Å². The summed E-state index contributed by atoms with van der Waals surface area (Å²) in [6.07, 6.45) is 1.76. The van der Waals surface area contributed by atoms with Gasteiger partial charge in [-0.15, -0.1) is 0 Å². The SMILES string of the molecule is CCn1nccc1C(C)NC(=O)c1cc(C)nc2c1c(C)nn2Cc1ccccc1. The van der Waals surface area contributed by atoms with Crippen LogP contribution >= 0.6 is 0 Å². The molecule has 7 heteroatoms. The number of pyridine rings is 1. The second-order valence-electron chi connectivity index (χ2n) is 7.51.